The zero-order chi connectivity index (χ0) is 22.2. The van der Waals surface area contributed by atoms with E-state index in [9.17, 15) is 14.7 Å². The van der Waals surface area contributed by atoms with E-state index < -0.39 is 11.9 Å². The van der Waals surface area contributed by atoms with E-state index in [4.69, 9.17) is 4.98 Å². The monoisotopic (exact) mass is 425 g/mol. The summed E-state index contributed by atoms with van der Waals surface area (Å²) in [5.74, 6) is 0.285. The van der Waals surface area contributed by atoms with Gasteiger partial charge in [0.2, 0.25) is 5.95 Å². The second-order valence-corrected chi connectivity index (χ2v) is 8.30. The first-order valence-corrected chi connectivity index (χ1v) is 10.9. The Morgan fingerprint density at radius 2 is 1.94 bits per heavy atom. The third-order valence-electron chi connectivity index (χ3n) is 5.52. The number of aryl methyl sites for hydroxylation is 2. The zero-order valence-corrected chi connectivity index (χ0v) is 18.3. The predicted molar refractivity (Wildman–Crippen MR) is 120 cm³/mol. The molecule has 0 amide bonds. The summed E-state index contributed by atoms with van der Waals surface area (Å²) in [4.78, 5) is 38.8. The van der Waals surface area contributed by atoms with E-state index in [1.54, 1.807) is 17.3 Å². The Balaban J connectivity index is 1.48. The van der Waals surface area contributed by atoms with Crippen LogP contribution in [-0.4, -0.2) is 52.5 Å². The molecule has 8 nitrogen and oxygen atoms in total. The average molecular weight is 426 g/mol. The Morgan fingerprint density at radius 1 is 1.16 bits per heavy atom. The number of hydrogen-bond acceptors (Lipinski definition) is 7. The molecule has 0 unspecified atom stereocenters. The molecular formula is C23H31N5O3. The number of aliphatic carboxylic acids is 1. The number of anilines is 2. The van der Waals surface area contributed by atoms with Crippen LogP contribution in [0.5, 0.6) is 0 Å². The van der Waals surface area contributed by atoms with Crippen molar-refractivity contribution >= 4 is 23.5 Å². The minimum absolute atomic E-state index is 0.0722. The van der Waals surface area contributed by atoms with Crippen LogP contribution in [0.4, 0.5) is 11.8 Å². The van der Waals surface area contributed by atoms with Crippen molar-refractivity contribution in [2.45, 2.75) is 57.3 Å². The van der Waals surface area contributed by atoms with Gasteiger partial charge in [-0.15, -0.1) is 0 Å². The fourth-order valence-corrected chi connectivity index (χ4v) is 3.80. The maximum atomic E-state index is 12.5. The van der Waals surface area contributed by atoms with E-state index >= 15 is 0 Å². The van der Waals surface area contributed by atoms with E-state index in [1.165, 1.54) is 5.56 Å². The highest BCUT2D eigenvalue weighted by Crippen LogP contribution is 2.25. The molecule has 2 aromatic heterocycles. The van der Waals surface area contributed by atoms with Crippen LogP contribution >= 0.6 is 0 Å². The summed E-state index contributed by atoms with van der Waals surface area (Å²) in [5, 5.41) is 12.6. The van der Waals surface area contributed by atoms with E-state index in [2.05, 4.69) is 27.4 Å². The molecule has 3 rings (SSSR count). The number of carboxylic acid groups (broad SMARTS) is 1. The Labute approximate surface area is 183 Å². The Morgan fingerprint density at radius 3 is 2.65 bits per heavy atom. The zero-order valence-electron chi connectivity index (χ0n) is 18.3. The minimum atomic E-state index is -0.929. The minimum Gasteiger partial charge on any atom is -0.481 e. The fourth-order valence-electron chi connectivity index (χ4n) is 3.80. The highest BCUT2D eigenvalue weighted by Gasteiger charge is 2.20. The van der Waals surface area contributed by atoms with Gasteiger partial charge in [0.05, 0.1) is 6.42 Å². The summed E-state index contributed by atoms with van der Waals surface area (Å²) in [6, 6.07) is 4.23. The first-order valence-electron chi connectivity index (χ1n) is 10.9. The number of hydrogen-bond donors (Lipinski definition) is 2. The molecular weight excluding hydrogens is 394 g/mol. The van der Waals surface area contributed by atoms with Gasteiger partial charge >= 0.3 is 5.97 Å². The summed E-state index contributed by atoms with van der Waals surface area (Å²) in [5.41, 5.74) is 3.01. The van der Waals surface area contributed by atoms with Crippen molar-refractivity contribution in [1.82, 2.24) is 15.0 Å². The molecule has 2 aromatic rings. The van der Waals surface area contributed by atoms with Crippen LogP contribution in [-0.2, 0) is 22.4 Å². The number of Topliss-reactive ketones (excluding diaryl/α,β-unsaturated/α-hetero) is 1. The number of unbranched alkanes of at least 4 members (excludes halogenated alkanes) is 1. The lowest BCUT2D eigenvalue weighted by Crippen LogP contribution is -2.15. The van der Waals surface area contributed by atoms with Gasteiger partial charge in [-0.25, -0.2) is 15.0 Å². The van der Waals surface area contributed by atoms with Gasteiger partial charge in [0.15, 0.2) is 0 Å². The maximum absolute atomic E-state index is 12.5. The quantitative estimate of drug-likeness (QED) is 0.528. The molecule has 0 aromatic carbocycles. The van der Waals surface area contributed by atoms with Crippen molar-refractivity contribution in [2.75, 3.05) is 30.9 Å². The number of carboxylic acids is 1. The highest BCUT2D eigenvalue weighted by molar-refractivity contribution is 5.80. The van der Waals surface area contributed by atoms with Gasteiger partial charge in [-0.3, -0.25) is 9.59 Å². The molecule has 166 valence electrons. The average Bonchev–Trinajstić information content (AvgIpc) is 2.76. The number of carbonyl (C=O) groups is 2. The van der Waals surface area contributed by atoms with Crippen LogP contribution in [0.2, 0.25) is 0 Å². The van der Waals surface area contributed by atoms with Crippen LogP contribution in [0.15, 0.2) is 24.5 Å². The molecule has 8 heteroatoms. The lowest BCUT2D eigenvalue weighted by atomic mass is 9.91. The molecule has 3 heterocycles. The normalized spacial score (nSPS) is 13.7. The number of nitrogens with one attached hydrogen (secondary N) is 1. The number of rotatable bonds is 11. The van der Waals surface area contributed by atoms with Gasteiger partial charge in [0, 0.05) is 57.5 Å². The summed E-state index contributed by atoms with van der Waals surface area (Å²) in [6.45, 7) is 0.971. The number of nitrogens with zero attached hydrogens (tertiary/aromatic N) is 4. The summed E-state index contributed by atoms with van der Waals surface area (Å²) < 4.78 is 0. The van der Waals surface area contributed by atoms with Crippen molar-refractivity contribution in [3.8, 4) is 0 Å². The highest BCUT2D eigenvalue weighted by atomic mass is 16.4. The van der Waals surface area contributed by atoms with E-state index in [-0.39, 0.29) is 18.6 Å². The fraction of sp³-hybridized carbons (Fsp3) is 0.522. The van der Waals surface area contributed by atoms with Crippen LogP contribution in [0.1, 0.15) is 61.3 Å². The van der Waals surface area contributed by atoms with E-state index in [0.29, 0.717) is 17.9 Å². The topological polar surface area (TPSA) is 108 Å². The molecule has 0 aliphatic carbocycles. The van der Waals surface area contributed by atoms with Gasteiger partial charge < -0.3 is 15.3 Å². The van der Waals surface area contributed by atoms with Gasteiger partial charge in [-0.1, -0.05) is 6.07 Å². The molecule has 2 N–H and O–H groups in total. The number of pyridine rings is 1. The van der Waals surface area contributed by atoms with Gasteiger partial charge in [0.1, 0.15) is 11.6 Å². The van der Waals surface area contributed by atoms with Gasteiger partial charge in [-0.05, 0) is 49.3 Å². The predicted octanol–water partition coefficient (Wildman–Crippen LogP) is 3.23. The molecule has 31 heavy (non-hydrogen) atoms. The van der Waals surface area contributed by atoms with Crippen LogP contribution in [0.25, 0.3) is 0 Å². The molecule has 1 aliphatic heterocycles. The number of fused-ring (bicyclic) bond motifs is 1. The molecule has 0 radical (unpaired) electrons. The first kappa shape index (κ1) is 22.7. The smallest absolute Gasteiger partial charge is 0.303 e. The molecule has 0 saturated carbocycles. The molecule has 0 bridgehead atoms. The Hall–Kier alpha value is -3.03. The first-order chi connectivity index (χ1) is 14.9. The van der Waals surface area contributed by atoms with Crippen molar-refractivity contribution < 1.29 is 14.7 Å². The number of ketones is 1. The van der Waals surface area contributed by atoms with Crippen molar-refractivity contribution in [3.63, 3.8) is 0 Å². The summed E-state index contributed by atoms with van der Waals surface area (Å²) in [6.07, 6.45) is 8.47. The second-order valence-electron chi connectivity index (χ2n) is 8.30. The van der Waals surface area contributed by atoms with Gasteiger partial charge in [0.25, 0.3) is 0 Å². The molecule has 1 atom stereocenters. The maximum Gasteiger partial charge on any atom is 0.303 e. The lowest BCUT2D eigenvalue weighted by Gasteiger charge is -2.17. The van der Waals surface area contributed by atoms with E-state index in [0.717, 1.165) is 50.2 Å². The molecule has 0 spiro atoms. The van der Waals surface area contributed by atoms with E-state index in [1.807, 2.05) is 14.1 Å². The van der Waals surface area contributed by atoms with Crippen LogP contribution in [0.3, 0.4) is 0 Å². The SMILES string of the molecule is CN(C)c1ncc([C@@H](CC(=O)O)CC(=O)CCCCc2ccc3c(n2)NCCC3)cn1. The largest absolute Gasteiger partial charge is 0.481 e. The third-order valence-corrected chi connectivity index (χ3v) is 5.52. The van der Waals surface area contributed by atoms with Crippen molar-refractivity contribution in [2.24, 2.45) is 0 Å². The third kappa shape index (κ3) is 6.73. The summed E-state index contributed by atoms with van der Waals surface area (Å²) in [7, 11) is 3.67. The van der Waals surface area contributed by atoms with Crippen LogP contribution in [0, 0.1) is 0 Å². The van der Waals surface area contributed by atoms with Crippen molar-refractivity contribution in [1.29, 1.82) is 0 Å². The van der Waals surface area contributed by atoms with Gasteiger partial charge in [-0.2, -0.15) is 0 Å². The van der Waals surface area contributed by atoms with Crippen molar-refractivity contribution in [3.05, 3.63) is 41.3 Å². The number of aromatic nitrogens is 3. The number of carbonyl (C=O) groups excluding carboxylic acids is 1. The van der Waals surface area contributed by atoms with Crippen LogP contribution < -0.4 is 10.2 Å². The standard InChI is InChI=1S/C23H31N5O3/c1-28(2)23-25-14-18(15-26-23)17(13-21(30)31)12-20(29)8-4-3-7-19-10-9-16-6-5-11-24-22(16)27-19/h9-10,14-15,17H,3-8,11-13H2,1-2H3,(H,24,27)(H,30,31)/t17-/m1/s1. The summed E-state index contributed by atoms with van der Waals surface area (Å²) >= 11 is 0. The molecule has 0 saturated heterocycles. The lowest BCUT2D eigenvalue weighted by molar-refractivity contribution is -0.137. The molecule has 1 aliphatic rings. The second kappa shape index (κ2) is 10.8. The Bertz CT molecular complexity index is 899. The Kier molecular flexibility index (Phi) is 7.92. The molecule has 0 fully saturated rings.